The second-order valence-electron chi connectivity index (χ2n) is 15.5. The predicted molar refractivity (Wildman–Crippen MR) is 282 cm³/mol. The van der Waals surface area contributed by atoms with Crippen molar-refractivity contribution in [3.05, 3.63) is 225 Å². The van der Waals surface area contributed by atoms with Crippen LogP contribution in [0.25, 0.3) is 98.1 Å². The van der Waals surface area contributed by atoms with E-state index in [0.29, 0.717) is 60.3 Å². The summed E-state index contributed by atoms with van der Waals surface area (Å²) in [6, 6.07) is 40.3. The number of pyridine rings is 4. The van der Waals surface area contributed by atoms with Crippen LogP contribution in [0.5, 0.6) is 0 Å². The van der Waals surface area contributed by atoms with Crippen molar-refractivity contribution in [2.75, 3.05) is 0 Å². The lowest BCUT2D eigenvalue weighted by Gasteiger charge is -2.10. The molecule has 0 amide bonds. The van der Waals surface area contributed by atoms with E-state index in [1.165, 1.54) is 42.6 Å². The van der Waals surface area contributed by atoms with Gasteiger partial charge < -0.3 is 4.85 Å². The van der Waals surface area contributed by atoms with Crippen molar-refractivity contribution in [1.29, 1.82) is 0 Å². The first-order chi connectivity index (χ1) is 34.6. The number of hydrogen-bond acceptors (Lipinski definition) is 8. The molecule has 0 radical (unpaired) electrons. The first-order valence-corrected chi connectivity index (χ1v) is 24.2. The minimum Gasteiger partial charge on any atom is -0.362 e. The molecule has 0 aliphatic carbocycles. The highest BCUT2D eigenvalue weighted by molar-refractivity contribution is 7.17. The van der Waals surface area contributed by atoms with E-state index in [9.17, 15) is 13.2 Å². The Balaban J connectivity index is 0.000000123. The average molecular weight is 1030 g/mol. The van der Waals surface area contributed by atoms with Gasteiger partial charge in [-0.05, 0) is 114 Å². The van der Waals surface area contributed by atoms with Crippen LogP contribution in [0.4, 0.5) is 19.0 Å². The van der Waals surface area contributed by atoms with Crippen LogP contribution in [0, 0.1) is 24.0 Å². The quantitative estimate of drug-likeness (QED) is 0.154. The highest BCUT2D eigenvalue weighted by Gasteiger charge is 2.18. The number of hydrogen-bond donors (Lipinski definition) is 0. The van der Waals surface area contributed by atoms with Gasteiger partial charge in [-0.15, -0.1) is 22.7 Å². The van der Waals surface area contributed by atoms with E-state index in [1.807, 2.05) is 77.8 Å². The van der Waals surface area contributed by atoms with Crippen molar-refractivity contribution < 1.29 is 13.2 Å². The molecule has 0 aliphatic heterocycles. The summed E-state index contributed by atoms with van der Waals surface area (Å²) in [5.74, 6) is -0.660. The summed E-state index contributed by atoms with van der Waals surface area (Å²) in [6.45, 7) is 7.23. The van der Waals surface area contributed by atoms with Gasteiger partial charge in [0.25, 0.3) is 5.82 Å². The smallest absolute Gasteiger partial charge is 0.254 e. The molecule has 7 aromatic heterocycles. The number of rotatable bonds is 6. The SMILES string of the molecule is Fc1ccc(Cl)cc1-c1ncccc1-c1ccc2ncsc2c1.Fc1ccc(Cl)cc1-c1ncccc1-c1ccc2ncsc2c1.[C-]#[N+]c1cnc2ccc(-c3cccnc3-c3cc(Cl)ccc3F)cn12. The van der Waals surface area contributed by atoms with Crippen LogP contribution in [0.15, 0.2) is 182 Å². The Kier molecular flexibility index (Phi) is 13.6. The molecule has 0 aliphatic rings. The van der Waals surface area contributed by atoms with E-state index in [4.69, 9.17) is 41.4 Å². The third-order valence-corrected chi connectivity index (χ3v) is 13.5. The maximum Gasteiger partial charge on any atom is 0.254 e. The fourth-order valence-electron chi connectivity index (χ4n) is 7.85. The van der Waals surface area contributed by atoms with E-state index >= 15 is 0 Å². The highest BCUT2D eigenvalue weighted by atomic mass is 35.5. The number of thiazole rings is 2. The number of benzene rings is 5. The summed E-state index contributed by atoms with van der Waals surface area (Å²) in [6.07, 6.45) is 8.25. The summed E-state index contributed by atoms with van der Waals surface area (Å²) in [4.78, 5) is 29.3. The zero-order valence-electron chi connectivity index (χ0n) is 36.5. The number of nitrogens with zero attached hydrogens (tertiary/aromatic N) is 8. The van der Waals surface area contributed by atoms with Gasteiger partial charge in [-0.1, -0.05) is 71.7 Å². The second-order valence-corrected chi connectivity index (χ2v) is 18.6. The Morgan fingerprint density at radius 3 is 1.31 bits per heavy atom. The van der Waals surface area contributed by atoms with Crippen molar-refractivity contribution in [1.82, 2.24) is 34.3 Å². The van der Waals surface area contributed by atoms with Gasteiger partial charge in [-0.2, -0.15) is 0 Å². The molecule has 12 rings (SSSR count). The molecule has 16 heteroatoms. The van der Waals surface area contributed by atoms with Gasteiger partial charge in [0.05, 0.1) is 60.9 Å². The maximum atomic E-state index is 14.3. The first kappa shape index (κ1) is 46.9. The third kappa shape index (κ3) is 9.98. The lowest BCUT2D eigenvalue weighted by Crippen LogP contribution is -1.93. The van der Waals surface area contributed by atoms with Gasteiger partial charge in [0.1, 0.15) is 17.5 Å². The van der Waals surface area contributed by atoms with Crippen LogP contribution >= 0.6 is 57.5 Å². The van der Waals surface area contributed by atoms with Crippen molar-refractivity contribution >= 4 is 89.4 Å². The van der Waals surface area contributed by atoms with Gasteiger partial charge in [0, 0.05) is 78.7 Å². The predicted octanol–water partition coefficient (Wildman–Crippen LogP) is 17.0. The highest BCUT2D eigenvalue weighted by Crippen LogP contribution is 2.38. The zero-order valence-corrected chi connectivity index (χ0v) is 40.4. The summed E-state index contributed by atoms with van der Waals surface area (Å²) in [7, 11) is 0. The fraction of sp³-hybridized carbons (Fsp3) is 0. The molecule has 0 saturated heterocycles. The fourth-order valence-corrected chi connectivity index (χ4v) is 9.80. The van der Waals surface area contributed by atoms with E-state index in [0.717, 1.165) is 53.8 Å². The Labute approximate surface area is 426 Å². The first-order valence-electron chi connectivity index (χ1n) is 21.4. The molecule has 7 heterocycles. The monoisotopic (exact) mass is 1030 g/mol. The van der Waals surface area contributed by atoms with E-state index < -0.39 is 5.82 Å². The van der Waals surface area contributed by atoms with Crippen molar-refractivity contribution in [2.45, 2.75) is 0 Å². The molecule has 344 valence electrons. The van der Waals surface area contributed by atoms with Gasteiger partial charge in [0.15, 0.2) is 0 Å². The van der Waals surface area contributed by atoms with E-state index in [2.05, 4.69) is 46.9 Å². The summed E-state index contributed by atoms with van der Waals surface area (Å²) >= 11 is 21.2. The zero-order chi connectivity index (χ0) is 49.0. The largest absolute Gasteiger partial charge is 0.362 e. The molecule has 8 nitrogen and oxygen atoms in total. The summed E-state index contributed by atoms with van der Waals surface area (Å²) in [5, 5.41) is 1.40. The summed E-state index contributed by atoms with van der Waals surface area (Å²) in [5.41, 5.74) is 14.2. The summed E-state index contributed by atoms with van der Waals surface area (Å²) < 4.78 is 46.7. The van der Waals surface area contributed by atoms with Crippen molar-refractivity contribution in [3.63, 3.8) is 0 Å². The molecule has 5 aromatic carbocycles. The standard InChI is InChI=1S/C19H10ClFN4.2C18H10ClFN2S/c1-22-18-10-24-17-7-4-12(11-25(17)18)14-3-2-8-23-19(14)15-9-13(20)5-6-16(15)21;2*19-12-4-5-15(20)14(9-12)18-13(2-1-7-21-18)11-3-6-16-17(8-11)23-10-22-16/h2-11H;2*1-10H. The van der Waals surface area contributed by atoms with Crippen LogP contribution < -0.4 is 0 Å². The Morgan fingerprint density at radius 2 is 0.873 bits per heavy atom. The molecule has 0 spiro atoms. The van der Waals surface area contributed by atoms with Crippen LogP contribution in [-0.2, 0) is 0 Å². The molecule has 12 aromatic rings. The molecule has 0 atom stereocenters. The Hall–Kier alpha value is -7.83. The Morgan fingerprint density at radius 1 is 0.451 bits per heavy atom. The maximum absolute atomic E-state index is 14.3. The van der Waals surface area contributed by atoms with Gasteiger partial charge >= 0.3 is 0 Å². The minimum atomic E-state index is -0.394. The lowest BCUT2D eigenvalue weighted by atomic mass is 9.99. The third-order valence-electron chi connectivity index (χ3n) is 11.2. The normalized spacial score (nSPS) is 10.9. The molecule has 0 N–H and O–H groups in total. The number of halogens is 6. The van der Waals surface area contributed by atoms with Gasteiger partial charge in [-0.3, -0.25) is 15.0 Å². The van der Waals surface area contributed by atoms with Crippen LogP contribution in [-0.4, -0.2) is 34.3 Å². The van der Waals surface area contributed by atoms with Crippen LogP contribution in [0.3, 0.4) is 0 Å². The van der Waals surface area contributed by atoms with Crippen LogP contribution in [0.2, 0.25) is 15.1 Å². The average Bonchev–Trinajstić information content (AvgIpc) is 4.19. The minimum absolute atomic E-state index is 0.333. The molecule has 71 heavy (non-hydrogen) atoms. The van der Waals surface area contributed by atoms with Gasteiger partial charge in [0.2, 0.25) is 5.65 Å². The molecule has 0 fully saturated rings. The molecule has 0 unspecified atom stereocenters. The number of imidazole rings is 1. The number of aromatic nitrogens is 7. The van der Waals surface area contributed by atoms with Crippen molar-refractivity contribution in [2.24, 2.45) is 0 Å². The second kappa shape index (κ2) is 20.6. The topological polar surface area (TPSA) is 86.1 Å². The van der Waals surface area contributed by atoms with Crippen LogP contribution in [0.1, 0.15) is 0 Å². The van der Waals surface area contributed by atoms with E-state index in [-0.39, 0.29) is 11.6 Å². The molecular weight excluding hydrogens is 1000 g/mol. The molecule has 0 bridgehead atoms. The van der Waals surface area contributed by atoms with Gasteiger partial charge in [-0.25, -0.2) is 32.5 Å². The Bertz CT molecular complexity index is 3820. The lowest BCUT2D eigenvalue weighted by molar-refractivity contribution is 0.630. The molecular formula is C55H30Cl3F3N8S2. The van der Waals surface area contributed by atoms with E-state index in [1.54, 1.807) is 76.1 Å². The number of fused-ring (bicyclic) bond motifs is 3. The van der Waals surface area contributed by atoms with Crippen molar-refractivity contribution in [3.8, 4) is 67.2 Å². The molecule has 0 saturated carbocycles.